The topological polar surface area (TPSA) is 82.5 Å². The molecule has 0 radical (unpaired) electrons. The zero-order valence-corrected chi connectivity index (χ0v) is 17.1. The standard InChI is InChI=1S/C20H24N4O4S/c1-22(15-16-4-6-17(7-5-16)23-9-12-28-13-10-23)20(25)18-3-2-8-24-11-14-29(26,27)21-19(18)24/h2-8H,9-15H2,1H3. The zero-order chi connectivity index (χ0) is 20.4. The van der Waals surface area contributed by atoms with Crippen LogP contribution in [0.1, 0.15) is 5.56 Å². The van der Waals surface area contributed by atoms with E-state index in [2.05, 4.69) is 21.4 Å². The van der Waals surface area contributed by atoms with Crippen molar-refractivity contribution in [3.8, 4) is 0 Å². The fourth-order valence-electron chi connectivity index (χ4n) is 3.57. The van der Waals surface area contributed by atoms with E-state index in [1.165, 1.54) is 0 Å². The summed E-state index contributed by atoms with van der Waals surface area (Å²) in [5.74, 6) is -0.0982. The molecule has 3 aliphatic heterocycles. The number of sulfonamides is 1. The summed E-state index contributed by atoms with van der Waals surface area (Å²) in [5.41, 5.74) is 2.44. The number of carbonyl (C=O) groups excluding carboxylic acids is 1. The second-order valence-electron chi connectivity index (χ2n) is 7.24. The lowest BCUT2D eigenvalue weighted by Gasteiger charge is -2.30. The van der Waals surface area contributed by atoms with Crippen LogP contribution in [0.5, 0.6) is 0 Å². The summed E-state index contributed by atoms with van der Waals surface area (Å²) in [7, 11) is -1.82. The first kappa shape index (κ1) is 19.7. The van der Waals surface area contributed by atoms with Gasteiger partial charge in [-0.25, -0.2) is 8.42 Å². The number of rotatable bonds is 4. The van der Waals surface area contributed by atoms with E-state index in [9.17, 15) is 13.2 Å². The summed E-state index contributed by atoms with van der Waals surface area (Å²) in [6.45, 7) is 3.94. The predicted molar refractivity (Wildman–Crippen MR) is 111 cm³/mol. The van der Waals surface area contributed by atoms with Crippen LogP contribution in [0.25, 0.3) is 0 Å². The molecule has 0 spiro atoms. The third-order valence-corrected chi connectivity index (χ3v) is 6.32. The lowest BCUT2D eigenvalue weighted by atomic mass is 10.1. The van der Waals surface area contributed by atoms with Gasteiger partial charge in [-0.2, -0.15) is 0 Å². The van der Waals surface area contributed by atoms with Crippen molar-refractivity contribution in [2.75, 3.05) is 50.5 Å². The molecule has 0 unspecified atom stereocenters. The number of fused-ring (bicyclic) bond motifs is 1. The lowest BCUT2D eigenvalue weighted by Crippen LogP contribution is -2.42. The molecule has 4 rings (SSSR count). The first-order valence-corrected chi connectivity index (χ1v) is 11.2. The number of benzene rings is 1. The van der Waals surface area contributed by atoms with Crippen molar-refractivity contribution in [3.63, 3.8) is 0 Å². The summed E-state index contributed by atoms with van der Waals surface area (Å²) in [5, 5.41) is 0. The normalized spacial score (nSPS) is 20.6. The molecule has 1 aromatic carbocycles. The quantitative estimate of drug-likeness (QED) is 0.728. The minimum absolute atomic E-state index is 0.0480. The molecule has 0 N–H and O–H groups in total. The highest BCUT2D eigenvalue weighted by Crippen LogP contribution is 2.21. The van der Waals surface area contributed by atoms with Gasteiger partial charge in [0.1, 0.15) is 0 Å². The van der Waals surface area contributed by atoms with Crippen molar-refractivity contribution in [1.82, 2.24) is 9.80 Å². The van der Waals surface area contributed by atoms with Crippen molar-refractivity contribution in [2.45, 2.75) is 6.54 Å². The molecule has 1 saturated heterocycles. The van der Waals surface area contributed by atoms with Crippen molar-refractivity contribution in [1.29, 1.82) is 0 Å². The molecule has 1 fully saturated rings. The van der Waals surface area contributed by atoms with Gasteiger partial charge in [0, 0.05) is 45.1 Å². The molecule has 1 aromatic rings. The Morgan fingerprint density at radius 3 is 2.62 bits per heavy atom. The lowest BCUT2D eigenvalue weighted by molar-refractivity contribution is -0.125. The van der Waals surface area contributed by atoms with Crippen LogP contribution < -0.4 is 4.90 Å². The Labute approximate surface area is 170 Å². The number of ether oxygens (including phenoxy) is 1. The molecule has 0 saturated carbocycles. The number of hydrogen-bond donors (Lipinski definition) is 0. The number of morpholine rings is 1. The Bertz CT molecular complexity index is 976. The van der Waals surface area contributed by atoms with Crippen molar-refractivity contribution >= 4 is 27.5 Å². The monoisotopic (exact) mass is 416 g/mol. The molecule has 0 aromatic heterocycles. The summed E-state index contributed by atoms with van der Waals surface area (Å²) in [4.78, 5) is 18.5. The SMILES string of the molecule is CN(Cc1ccc(N2CCOCC2)cc1)C(=O)C1=CC=CN2CCS(=O)(=O)N=C12. The highest BCUT2D eigenvalue weighted by atomic mass is 32.2. The van der Waals surface area contributed by atoms with Crippen molar-refractivity contribution < 1.29 is 17.9 Å². The van der Waals surface area contributed by atoms with Gasteiger partial charge in [-0.3, -0.25) is 4.79 Å². The Morgan fingerprint density at radius 2 is 1.90 bits per heavy atom. The van der Waals surface area contributed by atoms with Crippen LogP contribution in [-0.4, -0.2) is 75.6 Å². The smallest absolute Gasteiger partial charge is 0.257 e. The molecule has 0 bridgehead atoms. The number of amides is 1. The molecule has 3 aliphatic rings. The van der Waals surface area contributed by atoms with E-state index in [0.717, 1.165) is 37.6 Å². The van der Waals surface area contributed by atoms with E-state index in [-0.39, 0.29) is 17.5 Å². The van der Waals surface area contributed by atoms with E-state index in [4.69, 9.17) is 4.74 Å². The van der Waals surface area contributed by atoms with E-state index in [0.29, 0.717) is 18.7 Å². The minimum Gasteiger partial charge on any atom is -0.378 e. The summed E-state index contributed by atoms with van der Waals surface area (Å²) >= 11 is 0. The van der Waals surface area contributed by atoms with Gasteiger partial charge in [0.25, 0.3) is 15.9 Å². The maximum absolute atomic E-state index is 13.0. The molecule has 0 aliphatic carbocycles. The van der Waals surface area contributed by atoms with Gasteiger partial charge in [-0.05, 0) is 29.8 Å². The second kappa shape index (κ2) is 8.00. The Morgan fingerprint density at radius 1 is 1.17 bits per heavy atom. The summed E-state index contributed by atoms with van der Waals surface area (Å²) < 4.78 is 33.0. The summed E-state index contributed by atoms with van der Waals surface area (Å²) in [6.07, 6.45) is 5.11. The molecular formula is C20H24N4O4S. The number of amidine groups is 1. The molecule has 1 amide bonds. The molecule has 154 valence electrons. The van der Waals surface area contributed by atoms with Crippen LogP contribution >= 0.6 is 0 Å². The van der Waals surface area contributed by atoms with E-state index >= 15 is 0 Å². The van der Waals surface area contributed by atoms with Crippen LogP contribution in [0.2, 0.25) is 0 Å². The van der Waals surface area contributed by atoms with Crippen LogP contribution in [0.3, 0.4) is 0 Å². The predicted octanol–water partition coefficient (Wildman–Crippen LogP) is 0.979. The fraction of sp³-hybridized carbons (Fsp3) is 0.400. The number of nitrogens with zero attached hydrogens (tertiary/aromatic N) is 4. The van der Waals surface area contributed by atoms with Gasteiger partial charge < -0.3 is 19.4 Å². The number of likely N-dealkylation sites (N-methyl/N-ethyl adjacent to an activating group) is 1. The first-order chi connectivity index (χ1) is 13.9. The van der Waals surface area contributed by atoms with Gasteiger partial charge in [0.15, 0.2) is 5.84 Å². The Hall–Kier alpha value is -2.65. The maximum atomic E-state index is 13.0. The molecule has 29 heavy (non-hydrogen) atoms. The molecule has 9 heteroatoms. The van der Waals surface area contributed by atoms with Crippen LogP contribution in [0, 0.1) is 0 Å². The second-order valence-corrected chi connectivity index (χ2v) is 9.00. The van der Waals surface area contributed by atoms with Crippen molar-refractivity contribution in [3.05, 3.63) is 53.8 Å². The highest BCUT2D eigenvalue weighted by Gasteiger charge is 2.31. The van der Waals surface area contributed by atoms with Gasteiger partial charge in [-0.1, -0.05) is 12.1 Å². The van der Waals surface area contributed by atoms with Gasteiger partial charge in [0.2, 0.25) is 0 Å². The van der Waals surface area contributed by atoms with Crippen LogP contribution in [0.4, 0.5) is 5.69 Å². The fourth-order valence-corrected chi connectivity index (χ4v) is 4.55. The molecular weight excluding hydrogens is 392 g/mol. The first-order valence-electron chi connectivity index (χ1n) is 9.58. The van der Waals surface area contributed by atoms with Gasteiger partial charge in [0.05, 0.1) is 24.5 Å². The summed E-state index contributed by atoms with van der Waals surface area (Å²) in [6, 6.07) is 8.14. The van der Waals surface area contributed by atoms with Gasteiger partial charge >= 0.3 is 0 Å². The number of carbonyl (C=O) groups is 1. The van der Waals surface area contributed by atoms with E-state index in [1.807, 2.05) is 12.1 Å². The molecule has 0 atom stereocenters. The van der Waals surface area contributed by atoms with Gasteiger partial charge in [-0.15, -0.1) is 4.40 Å². The number of hydrogen-bond acceptors (Lipinski definition) is 6. The third kappa shape index (κ3) is 4.35. The average molecular weight is 417 g/mol. The maximum Gasteiger partial charge on any atom is 0.257 e. The Kier molecular flexibility index (Phi) is 5.42. The molecule has 8 nitrogen and oxygen atoms in total. The third-order valence-electron chi connectivity index (χ3n) is 5.17. The molecule has 3 heterocycles. The van der Waals surface area contributed by atoms with E-state index in [1.54, 1.807) is 35.2 Å². The zero-order valence-electron chi connectivity index (χ0n) is 16.3. The number of anilines is 1. The minimum atomic E-state index is -3.53. The van der Waals surface area contributed by atoms with Crippen LogP contribution in [-0.2, 0) is 26.1 Å². The Balaban J connectivity index is 1.46. The number of allylic oxidation sites excluding steroid dienone is 2. The van der Waals surface area contributed by atoms with Crippen LogP contribution in [0.15, 0.2) is 52.6 Å². The highest BCUT2D eigenvalue weighted by molar-refractivity contribution is 7.90. The van der Waals surface area contributed by atoms with Crippen molar-refractivity contribution in [2.24, 2.45) is 4.40 Å². The van der Waals surface area contributed by atoms with E-state index < -0.39 is 10.0 Å². The largest absolute Gasteiger partial charge is 0.378 e. The average Bonchev–Trinajstić information content (AvgIpc) is 2.73.